The summed E-state index contributed by atoms with van der Waals surface area (Å²) >= 11 is 0. The number of hydrogen-bond donors (Lipinski definition) is 4. The zero-order valence-electron chi connectivity index (χ0n) is 20.0. The Morgan fingerprint density at radius 1 is 0.515 bits per heavy atom. The van der Waals surface area contributed by atoms with E-state index in [4.69, 9.17) is 20.4 Å². The largest absolute Gasteiger partial charge is 0.478 e. The Labute approximate surface area is 214 Å². The molecule has 0 aromatic carbocycles. The molecule has 4 radical (unpaired) electrons. The van der Waals surface area contributed by atoms with Crippen LogP contribution in [-0.2, 0) is 19.2 Å². The van der Waals surface area contributed by atoms with Gasteiger partial charge in [0.1, 0.15) is 0 Å². The van der Waals surface area contributed by atoms with Gasteiger partial charge in [0.15, 0.2) is 0 Å². The van der Waals surface area contributed by atoms with Gasteiger partial charge in [0.05, 0.1) is 0 Å². The van der Waals surface area contributed by atoms with Gasteiger partial charge in [-0.05, 0) is 25.7 Å². The quantitative estimate of drug-likeness (QED) is 0.0980. The third-order valence-corrected chi connectivity index (χ3v) is 4.74. The van der Waals surface area contributed by atoms with Crippen molar-refractivity contribution in [2.45, 2.75) is 104 Å². The van der Waals surface area contributed by atoms with Crippen molar-refractivity contribution in [3.05, 3.63) is 23.3 Å². The zero-order valence-corrected chi connectivity index (χ0v) is 22.8. The Morgan fingerprint density at radius 2 is 0.788 bits per heavy atom. The Balaban J connectivity index is -0.000000529. The summed E-state index contributed by atoms with van der Waals surface area (Å²) in [5, 5.41) is 34.4. The van der Waals surface area contributed by atoms with Gasteiger partial charge in [-0.3, -0.25) is 0 Å². The van der Waals surface area contributed by atoms with Gasteiger partial charge in [0.25, 0.3) is 0 Å². The summed E-state index contributed by atoms with van der Waals surface area (Å²) in [7, 11) is 0. The molecule has 0 amide bonds. The van der Waals surface area contributed by atoms with Crippen LogP contribution in [0.1, 0.15) is 104 Å². The van der Waals surface area contributed by atoms with E-state index in [0.717, 1.165) is 50.7 Å². The third-order valence-electron chi connectivity index (χ3n) is 4.74. The van der Waals surface area contributed by atoms with Crippen LogP contribution in [0.2, 0.25) is 0 Å². The Hall–Kier alpha value is -1.84. The molecule has 0 fully saturated rings. The topological polar surface area (TPSA) is 149 Å². The second-order valence-electron chi connectivity index (χ2n) is 7.66. The van der Waals surface area contributed by atoms with Gasteiger partial charge in [-0.1, -0.05) is 78.1 Å². The molecule has 9 heteroatoms. The molecular formula is C24H40O8Sn. The van der Waals surface area contributed by atoms with Crippen molar-refractivity contribution >= 4 is 47.8 Å². The maximum absolute atomic E-state index is 10.7. The van der Waals surface area contributed by atoms with Crippen LogP contribution in [0.15, 0.2) is 23.3 Å². The van der Waals surface area contributed by atoms with E-state index in [1.54, 1.807) is 0 Å². The van der Waals surface area contributed by atoms with E-state index >= 15 is 0 Å². The molecule has 4 N–H and O–H groups in total. The minimum absolute atomic E-state index is 0. The molecule has 33 heavy (non-hydrogen) atoms. The molecule has 0 spiro atoms. The molecule has 188 valence electrons. The first-order chi connectivity index (χ1) is 15.1. The van der Waals surface area contributed by atoms with E-state index in [2.05, 4.69) is 13.8 Å². The van der Waals surface area contributed by atoms with Crippen LogP contribution in [0.4, 0.5) is 0 Å². The van der Waals surface area contributed by atoms with Crippen molar-refractivity contribution in [1.82, 2.24) is 0 Å². The predicted molar refractivity (Wildman–Crippen MR) is 128 cm³/mol. The minimum atomic E-state index is -1.19. The van der Waals surface area contributed by atoms with E-state index in [-0.39, 0.29) is 35.1 Å². The van der Waals surface area contributed by atoms with Crippen LogP contribution in [0, 0.1) is 0 Å². The number of carbonyl (C=O) groups is 4. The second kappa shape index (κ2) is 24.8. The molecule has 0 aliphatic rings. The summed E-state index contributed by atoms with van der Waals surface area (Å²) in [4.78, 5) is 42.0. The van der Waals surface area contributed by atoms with Crippen molar-refractivity contribution < 1.29 is 39.6 Å². The average molecular weight is 575 g/mol. The average Bonchev–Trinajstić information content (AvgIpc) is 2.71. The minimum Gasteiger partial charge on any atom is -0.478 e. The molecular weight excluding hydrogens is 535 g/mol. The first-order valence-corrected chi connectivity index (χ1v) is 11.5. The molecule has 0 rings (SSSR count). The standard InChI is InChI=1S/2C12H20O4.Sn/c2*1-2-3-4-5-6-7-8-10(12(15)16)9-11(13)14;/h2*9H,2-8H2,1H3,(H,13,14)(H,15,16);/b2*10-9-;. The van der Waals surface area contributed by atoms with E-state index in [1.165, 1.54) is 38.5 Å². The van der Waals surface area contributed by atoms with Gasteiger partial charge in [0, 0.05) is 47.2 Å². The van der Waals surface area contributed by atoms with Gasteiger partial charge in [0.2, 0.25) is 0 Å². The summed E-state index contributed by atoms with van der Waals surface area (Å²) in [6, 6.07) is 0. The number of hydrogen-bond acceptors (Lipinski definition) is 4. The number of aliphatic carboxylic acids is 4. The van der Waals surface area contributed by atoms with Crippen LogP contribution in [-0.4, -0.2) is 68.2 Å². The van der Waals surface area contributed by atoms with Crippen LogP contribution in [0.3, 0.4) is 0 Å². The molecule has 0 aliphatic heterocycles. The second-order valence-corrected chi connectivity index (χ2v) is 7.66. The van der Waals surface area contributed by atoms with Crippen LogP contribution in [0.25, 0.3) is 0 Å². The molecule has 0 saturated carbocycles. The van der Waals surface area contributed by atoms with Gasteiger partial charge in [-0.15, -0.1) is 0 Å². The molecule has 0 unspecified atom stereocenters. The van der Waals surface area contributed by atoms with Gasteiger partial charge >= 0.3 is 23.9 Å². The summed E-state index contributed by atoms with van der Waals surface area (Å²) in [6.45, 7) is 4.27. The fourth-order valence-corrected chi connectivity index (χ4v) is 2.97. The summed E-state index contributed by atoms with van der Waals surface area (Å²) < 4.78 is 0. The summed E-state index contributed by atoms with van der Waals surface area (Å²) in [6.07, 6.45) is 15.0. The van der Waals surface area contributed by atoms with Gasteiger partial charge in [-0.25, -0.2) is 19.2 Å². The maximum atomic E-state index is 10.7. The van der Waals surface area contributed by atoms with Crippen molar-refractivity contribution in [3.8, 4) is 0 Å². The van der Waals surface area contributed by atoms with Crippen molar-refractivity contribution in [3.63, 3.8) is 0 Å². The first-order valence-electron chi connectivity index (χ1n) is 11.5. The molecule has 0 aliphatic carbocycles. The van der Waals surface area contributed by atoms with Crippen molar-refractivity contribution in [2.75, 3.05) is 0 Å². The smallest absolute Gasteiger partial charge is 0.331 e. The molecule has 0 aromatic heterocycles. The van der Waals surface area contributed by atoms with Crippen LogP contribution < -0.4 is 0 Å². The number of rotatable bonds is 18. The van der Waals surface area contributed by atoms with Crippen LogP contribution in [0.5, 0.6) is 0 Å². The van der Waals surface area contributed by atoms with E-state index in [1.807, 2.05) is 0 Å². The zero-order chi connectivity index (χ0) is 24.8. The third kappa shape index (κ3) is 26.3. The Kier molecular flexibility index (Phi) is 26.9. The monoisotopic (exact) mass is 576 g/mol. The van der Waals surface area contributed by atoms with E-state index in [9.17, 15) is 19.2 Å². The maximum Gasteiger partial charge on any atom is 0.331 e. The normalized spacial score (nSPS) is 11.1. The van der Waals surface area contributed by atoms with Gasteiger partial charge < -0.3 is 20.4 Å². The molecule has 0 bridgehead atoms. The SMILES string of the molecule is CCCCCCCC/C(=C/C(=O)O)C(=O)O.CCCCCCCC/C(=C/C(=O)O)C(=O)O.[Sn]. The molecule has 0 atom stereocenters. The Morgan fingerprint density at radius 3 is 1.03 bits per heavy atom. The van der Waals surface area contributed by atoms with Gasteiger partial charge in [-0.2, -0.15) is 0 Å². The molecule has 0 saturated heterocycles. The fourth-order valence-electron chi connectivity index (χ4n) is 2.97. The molecule has 0 heterocycles. The predicted octanol–water partition coefficient (Wildman–Crippen LogP) is 5.28. The van der Waals surface area contributed by atoms with Crippen LogP contribution >= 0.6 is 0 Å². The Bertz CT molecular complexity index is 572. The number of carboxylic acid groups (broad SMARTS) is 4. The summed E-state index contributed by atoms with van der Waals surface area (Å²) in [5.74, 6) is -4.64. The fraction of sp³-hybridized carbons (Fsp3) is 0.667. The van der Waals surface area contributed by atoms with Crippen molar-refractivity contribution in [1.29, 1.82) is 0 Å². The summed E-state index contributed by atoms with van der Waals surface area (Å²) in [5.41, 5.74) is -0.0222. The first kappa shape index (κ1) is 35.7. The number of carboxylic acids is 4. The molecule has 0 aromatic rings. The van der Waals surface area contributed by atoms with Crippen molar-refractivity contribution in [2.24, 2.45) is 0 Å². The van der Waals surface area contributed by atoms with E-state index in [0.29, 0.717) is 12.8 Å². The van der Waals surface area contributed by atoms with E-state index < -0.39 is 23.9 Å². The molecule has 8 nitrogen and oxygen atoms in total. The number of unbranched alkanes of at least 4 members (excludes halogenated alkanes) is 10.